The Labute approximate surface area is 112 Å². The number of hydrogen-bond donors (Lipinski definition) is 0. The van der Waals surface area contributed by atoms with Gasteiger partial charge in [0.15, 0.2) is 6.79 Å². The van der Waals surface area contributed by atoms with Crippen LogP contribution in [0.25, 0.3) is 0 Å². The van der Waals surface area contributed by atoms with Gasteiger partial charge in [-0.1, -0.05) is 33.8 Å². The lowest BCUT2D eigenvalue weighted by Crippen LogP contribution is -2.12. The number of rotatable bonds is 4. The van der Waals surface area contributed by atoms with E-state index < -0.39 is 0 Å². The maximum atomic E-state index is 5.61. The van der Waals surface area contributed by atoms with E-state index in [2.05, 4.69) is 55.8 Å². The first kappa shape index (κ1) is 14.5. The summed E-state index contributed by atoms with van der Waals surface area (Å²) in [4.78, 5) is 0. The van der Waals surface area contributed by atoms with E-state index in [0.717, 1.165) is 16.6 Å². The highest BCUT2D eigenvalue weighted by Crippen LogP contribution is 2.35. The summed E-state index contributed by atoms with van der Waals surface area (Å²) in [6, 6.07) is 4.35. The Balaban J connectivity index is 3.16. The van der Waals surface area contributed by atoms with Crippen molar-refractivity contribution in [2.24, 2.45) is 0 Å². The van der Waals surface area contributed by atoms with Gasteiger partial charge < -0.3 is 9.47 Å². The monoisotopic (exact) mass is 300 g/mol. The molecule has 0 amide bonds. The van der Waals surface area contributed by atoms with Gasteiger partial charge in [-0.05, 0) is 45.0 Å². The maximum Gasteiger partial charge on any atom is 0.188 e. The van der Waals surface area contributed by atoms with E-state index in [9.17, 15) is 0 Å². The van der Waals surface area contributed by atoms with Gasteiger partial charge in [-0.25, -0.2) is 0 Å². The first-order valence-electron chi connectivity index (χ1n) is 5.84. The molecule has 17 heavy (non-hydrogen) atoms. The molecule has 0 N–H and O–H groups in total. The van der Waals surface area contributed by atoms with Crippen LogP contribution in [-0.4, -0.2) is 13.9 Å². The lowest BCUT2D eigenvalue weighted by molar-refractivity contribution is 0.0499. The van der Waals surface area contributed by atoms with Crippen LogP contribution in [0.3, 0.4) is 0 Å². The molecular formula is C14H21BrO2. The summed E-state index contributed by atoms with van der Waals surface area (Å²) in [5.74, 6) is 0.891. The zero-order chi connectivity index (χ0) is 13.1. The highest BCUT2D eigenvalue weighted by atomic mass is 79.9. The molecule has 0 radical (unpaired) electrons. The van der Waals surface area contributed by atoms with Crippen molar-refractivity contribution in [2.75, 3.05) is 13.9 Å². The van der Waals surface area contributed by atoms with Crippen LogP contribution < -0.4 is 4.74 Å². The second kappa shape index (κ2) is 5.87. The van der Waals surface area contributed by atoms with Crippen LogP contribution in [0.4, 0.5) is 0 Å². The molecule has 0 unspecified atom stereocenters. The summed E-state index contributed by atoms with van der Waals surface area (Å²) >= 11 is 3.58. The van der Waals surface area contributed by atoms with Gasteiger partial charge in [0.1, 0.15) is 5.75 Å². The van der Waals surface area contributed by atoms with Crippen LogP contribution in [0, 0.1) is 0 Å². The van der Waals surface area contributed by atoms with Crippen molar-refractivity contribution in [2.45, 2.75) is 39.5 Å². The smallest absolute Gasteiger partial charge is 0.188 e. The van der Waals surface area contributed by atoms with Crippen molar-refractivity contribution < 1.29 is 9.47 Å². The SMILES string of the molecule is CCc1cc(C(C)(C)C)cc(Br)c1OCOC. The fraction of sp³-hybridized carbons (Fsp3) is 0.571. The summed E-state index contributed by atoms with van der Waals surface area (Å²) in [6.45, 7) is 9.05. The first-order valence-corrected chi connectivity index (χ1v) is 6.64. The van der Waals surface area contributed by atoms with Crippen LogP contribution in [0.5, 0.6) is 5.75 Å². The topological polar surface area (TPSA) is 18.5 Å². The second-order valence-corrected chi connectivity index (χ2v) is 5.96. The molecule has 2 nitrogen and oxygen atoms in total. The third-order valence-electron chi connectivity index (χ3n) is 2.69. The van der Waals surface area contributed by atoms with E-state index in [1.165, 1.54) is 11.1 Å². The number of methoxy groups -OCH3 is 1. The van der Waals surface area contributed by atoms with Crippen molar-refractivity contribution in [3.63, 3.8) is 0 Å². The van der Waals surface area contributed by atoms with Crippen LogP contribution in [0.15, 0.2) is 16.6 Å². The van der Waals surface area contributed by atoms with Crippen molar-refractivity contribution in [1.29, 1.82) is 0 Å². The molecule has 0 fully saturated rings. The van der Waals surface area contributed by atoms with Gasteiger partial charge in [0.25, 0.3) is 0 Å². The van der Waals surface area contributed by atoms with Gasteiger partial charge in [0.2, 0.25) is 0 Å². The third kappa shape index (κ3) is 3.71. The molecule has 0 bridgehead atoms. The summed E-state index contributed by atoms with van der Waals surface area (Å²) in [5.41, 5.74) is 2.67. The number of aryl methyl sites for hydroxylation is 1. The molecule has 0 aromatic heterocycles. The minimum atomic E-state index is 0.145. The van der Waals surface area contributed by atoms with Crippen molar-refractivity contribution >= 4 is 15.9 Å². The molecule has 1 rings (SSSR count). The Morgan fingerprint density at radius 1 is 1.24 bits per heavy atom. The van der Waals surface area contributed by atoms with Crippen LogP contribution in [0.2, 0.25) is 0 Å². The standard InChI is InChI=1S/C14H21BrO2/c1-6-10-7-11(14(2,3)4)8-12(15)13(10)17-9-16-5/h7-8H,6,9H2,1-5H3. The van der Waals surface area contributed by atoms with E-state index in [4.69, 9.17) is 9.47 Å². The molecule has 0 aliphatic rings. The molecule has 0 atom stereocenters. The van der Waals surface area contributed by atoms with Crippen molar-refractivity contribution in [3.8, 4) is 5.75 Å². The number of ether oxygens (including phenoxy) is 2. The minimum Gasteiger partial charge on any atom is -0.466 e. The van der Waals surface area contributed by atoms with E-state index in [0.29, 0.717) is 0 Å². The van der Waals surface area contributed by atoms with Crippen LogP contribution >= 0.6 is 15.9 Å². The van der Waals surface area contributed by atoms with E-state index in [1.807, 2.05) is 0 Å². The second-order valence-electron chi connectivity index (χ2n) is 5.10. The molecule has 0 aliphatic carbocycles. The maximum absolute atomic E-state index is 5.61. The normalized spacial score (nSPS) is 11.6. The van der Waals surface area contributed by atoms with Gasteiger partial charge in [-0.3, -0.25) is 0 Å². The largest absolute Gasteiger partial charge is 0.466 e. The quantitative estimate of drug-likeness (QED) is 0.772. The molecule has 0 spiro atoms. The molecule has 0 aliphatic heterocycles. The van der Waals surface area contributed by atoms with Gasteiger partial charge in [0.05, 0.1) is 4.47 Å². The van der Waals surface area contributed by atoms with Gasteiger partial charge in [-0.2, -0.15) is 0 Å². The summed E-state index contributed by atoms with van der Waals surface area (Å²) in [7, 11) is 1.63. The third-order valence-corrected chi connectivity index (χ3v) is 3.28. The highest BCUT2D eigenvalue weighted by Gasteiger charge is 2.18. The molecule has 1 aromatic rings. The Bertz CT molecular complexity index is 381. The Hall–Kier alpha value is -0.540. The van der Waals surface area contributed by atoms with Gasteiger partial charge in [0, 0.05) is 7.11 Å². The van der Waals surface area contributed by atoms with Crippen LogP contribution in [0.1, 0.15) is 38.8 Å². The molecular weight excluding hydrogens is 280 g/mol. The summed E-state index contributed by atoms with van der Waals surface area (Å²) in [5, 5.41) is 0. The molecule has 0 saturated heterocycles. The number of halogens is 1. The number of hydrogen-bond acceptors (Lipinski definition) is 2. The minimum absolute atomic E-state index is 0.145. The fourth-order valence-corrected chi connectivity index (χ4v) is 2.24. The Morgan fingerprint density at radius 3 is 2.35 bits per heavy atom. The zero-order valence-electron chi connectivity index (χ0n) is 11.3. The molecule has 96 valence electrons. The van der Waals surface area contributed by atoms with Crippen LogP contribution in [-0.2, 0) is 16.6 Å². The lowest BCUT2D eigenvalue weighted by Gasteiger charge is -2.22. The van der Waals surface area contributed by atoms with Crippen molar-refractivity contribution in [3.05, 3.63) is 27.7 Å². The molecule has 3 heteroatoms. The van der Waals surface area contributed by atoms with E-state index in [-0.39, 0.29) is 12.2 Å². The fourth-order valence-electron chi connectivity index (χ4n) is 1.63. The predicted octanol–water partition coefficient (Wildman–Crippen LogP) is 4.29. The van der Waals surface area contributed by atoms with E-state index >= 15 is 0 Å². The molecule has 0 saturated carbocycles. The summed E-state index contributed by atoms with van der Waals surface area (Å²) < 4.78 is 11.6. The average Bonchev–Trinajstić information content (AvgIpc) is 2.25. The van der Waals surface area contributed by atoms with E-state index in [1.54, 1.807) is 7.11 Å². The summed E-state index contributed by atoms with van der Waals surface area (Å²) in [6.07, 6.45) is 0.946. The molecule has 0 heterocycles. The van der Waals surface area contributed by atoms with Gasteiger partial charge >= 0.3 is 0 Å². The molecule has 1 aromatic carbocycles. The van der Waals surface area contributed by atoms with Gasteiger partial charge in [-0.15, -0.1) is 0 Å². The zero-order valence-corrected chi connectivity index (χ0v) is 12.8. The first-order chi connectivity index (χ1) is 7.90. The predicted molar refractivity (Wildman–Crippen MR) is 74.7 cm³/mol. The number of benzene rings is 1. The van der Waals surface area contributed by atoms with Crippen molar-refractivity contribution in [1.82, 2.24) is 0 Å². The average molecular weight is 301 g/mol. The Morgan fingerprint density at radius 2 is 1.88 bits per heavy atom. The highest BCUT2D eigenvalue weighted by molar-refractivity contribution is 9.10. The Kier molecular flexibility index (Phi) is 5.02. The lowest BCUT2D eigenvalue weighted by atomic mass is 9.86.